The average Bonchev–Trinajstić information content (AvgIpc) is 2.83. The van der Waals surface area contributed by atoms with E-state index in [4.69, 9.17) is 0 Å². The van der Waals surface area contributed by atoms with Gasteiger partial charge < -0.3 is 5.32 Å². The number of hydrogen-bond donors (Lipinski definition) is 1. The highest BCUT2D eigenvalue weighted by Gasteiger charge is 2.04. The minimum atomic E-state index is 0.826. The van der Waals surface area contributed by atoms with Gasteiger partial charge in [0.05, 0.1) is 11.9 Å². The van der Waals surface area contributed by atoms with E-state index < -0.39 is 0 Å². The summed E-state index contributed by atoms with van der Waals surface area (Å²) >= 11 is 5.21. The molecule has 3 aromatic rings. The van der Waals surface area contributed by atoms with Gasteiger partial charge in [-0.25, -0.2) is 4.98 Å². The highest BCUT2D eigenvalue weighted by molar-refractivity contribution is 9.10. The minimum absolute atomic E-state index is 0.826. The Morgan fingerprint density at radius 2 is 2.16 bits per heavy atom. The molecule has 0 radical (unpaired) electrons. The Labute approximate surface area is 124 Å². The molecule has 0 aliphatic carbocycles. The Hall–Kier alpha value is -1.39. The quantitative estimate of drug-likeness (QED) is 0.684. The summed E-state index contributed by atoms with van der Waals surface area (Å²) < 4.78 is 2.24. The summed E-state index contributed by atoms with van der Waals surface area (Å²) in [6.07, 6.45) is 1.85. The first kappa shape index (κ1) is 12.6. The number of nitrogens with zero attached hydrogens (tertiary/aromatic N) is 1. The van der Waals surface area contributed by atoms with Crippen molar-refractivity contribution in [2.75, 3.05) is 5.32 Å². The number of fused-ring (bicyclic) bond motifs is 1. The molecule has 0 fully saturated rings. The van der Waals surface area contributed by atoms with Crippen LogP contribution in [0.3, 0.4) is 0 Å². The van der Waals surface area contributed by atoms with E-state index in [9.17, 15) is 0 Å². The fourth-order valence-corrected chi connectivity index (χ4v) is 3.20. The van der Waals surface area contributed by atoms with Gasteiger partial charge in [-0.3, -0.25) is 0 Å². The predicted octanol–water partition coefficient (Wildman–Crippen LogP) is 4.98. The summed E-state index contributed by atoms with van der Waals surface area (Å²) in [5, 5.41) is 6.98. The van der Waals surface area contributed by atoms with Gasteiger partial charge in [0.15, 0.2) is 0 Å². The molecule has 2 heterocycles. The molecule has 1 aromatic carbocycles. The normalized spacial score (nSPS) is 10.8. The number of aromatic nitrogens is 1. The van der Waals surface area contributed by atoms with E-state index in [1.54, 1.807) is 11.3 Å². The van der Waals surface area contributed by atoms with Gasteiger partial charge >= 0.3 is 0 Å². The maximum atomic E-state index is 4.30. The molecule has 0 unspecified atom stereocenters. The number of hydrogen-bond acceptors (Lipinski definition) is 3. The molecule has 0 saturated carbocycles. The van der Waals surface area contributed by atoms with Crippen molar-refractivity contribution in [1.29, 1.82) is 0 Å². The molecule has 3 rings (SSSR count). The Bertz CT molecular complexity index is 721. The average molecular weight is 333 g/mol. The lowest BCUT2D eigenvalue weighted by Gasteiger charge is -2.07. The number of halogens is 1. The standard InChI is InChI=1S/C15H13BrN2S/c1-10-6-12(8-18-15(10)16)17-7-11-9-19-14-5-3-2-4-13(11)14/h2-6,8-9,17H,7H2,1H3. The Balaban J connectivity index is 1.80. The number of benzene rings is 1. The van der Waals surface area contributed by atoms with Crippen molar-refractivity contribution in [2.24, 2.45) is 0 Å². The predicted molar refractivity (Wildman–Crippen MR) is 85.8 cm³/mol. The van der Waals surface area contributed by atoms with E-state index in [1.807, 2.05) is 13.1 Å². The van der Waals surface area contributed by atoms with Crippen molar-refractivity contribution in [3.8, 4) is 0 Å². The Morgan fingerprint density at radius 3 is 3.00 bits per heavy atom. The van der Waals surface area contributed by atoms with Crippen LogP contribution >= 0.6 is 27.3 Å². The number of nitrogens with one attached hydrogen (secondary N) is 1. The van der Waals surface area contributed by atoms with Crippen LogP contribution in [0.5, 0.6) is 0 Å². The lowest BCUT2D eigenvalue weighted by Crippen LogP contribution is -1.99. The first-order chi connectivity index (χ1) is 9.24. The highest BCUT2D eigenvalue weighted by Crippen LogP contribution is 2.26. The SMILES string of the molecule is Cc1cc(NCc2csc3ccccc23)cnc1Br. The van der Waals surface area contributed by atoms with Crippen LogP contribution in [0.4, 0.5) is 5.69 Å². The molecule has 4 heteroatoms. The molecular formula is C15H13BrN2S. The van der Waals surface area contributed by atoms with Crippen LogP contribution in [0.15, 0.2) is 46.5 Å². The molecule has 19 heavy (non-hydrogen) atoms. The van der Waals surface area contributed by atoms with Crippen LogP contribution in [0.1, 0.15) is 11.1 Å². The van der Waals surface area contributed by atoms with Crippen molar-refractivity contribution in [3.63, 3.8) is 0 Å². The van der Waals surface area contributed by atoms with E-state index in [2.05, 4.69) is 61.9 Å². The summed E-state index contributed by atoms with van der Waals surface area (Å²) in [7, 11) is 0. The van der Waals surface area contributed by atoms with E-state index in [0.717, 1.165) is 22.4 Å². The number of thiophene rings is 1. The van der Waals surface area contributed by atoms with Crippen molar-refractivity contribution in [1.82, 2.24) is 4.98 Å². The van der Waals surface area contributed by atoms with Gasteiger partial charge in [-0.1, -0.05) is 18.2 Å². The molecule has 0 amide bonds. The van der Waals surface area contributed by atoms with Crippen LogP contribution in [0.25, 0.3) is 10.1 Å². The van der Waals surface area contributed by atoms with E-state index >= 15 is 0 Å². The second kappa shape index (κ2) is 5.31. The molecule has 0 bridgehead atoms. The summed E-state index contributed by atoms with van der Waals surface area (Å²) in [5.41, 5.74) is 3.53. The molecule has 0 aliphatic rings. The van der Waals surface area contributed by atoms with Crippen molar-refractivity contribution in [2.45, 2.75) is 13.5 Å². The van der Waals surface area contributed by atoms with Gasteiger partial charge in [0.2, 0.25) is 0 Å². The topological polar surface area (TPSA) is 24.9 Å². The van der Waals surface area contributed by atoms with Crippen LogP contribution in [-0.4, -0.2) is 4.98 Å². The van der Waals surface area contributed by atoms with Gasteiger partial charge in [-0.15, -0.1) is 11.3 Å². The number of anilines is 1. The largest absolute Gasteiger partial charge is 0.380 e. The monoisotopic (exact) mass is 332 g/mol. The molecule has 1 N–H and O–H groups in total. The second-order valence-electron chi connectivity index (χ2n) is 4.44. The maximum Gasteiger partial charge on any atom is 0.109 e. The zero-order chi connectivity index (χ0) is 13.2. The smallest absolute Gasteiger partial charge is 0.109 e. The maximum absolute atomic E-state index is 4.30. The fraction of sp³-hybridized carbons (Fsp3) is 0.133. The molecule has 0 atom stereocenters. The number of aryl methyl sites for hydroxylation is 1. The molecule has 2 aromatic heterocycles. The first-order valence-corrected chi connectivity index (χ1v) is 7.72. The van der Waals surface area contributed by atoms with E-state index in [1.165, 1.54) is 15.6 Å². The summed E-state index contributed by atoms with van der Waals surface area (Å²) in [6.45, 7) is 2.87. The van der Waals surface area contributed by atoms with Crippen LogP contribution in [0.2, 0.25) is 0 Å². The van der Waals surface area contributed by atoms with E-state index in [0.29, 0.717) is 0 Å². The molecule has 2 nitrogen and oxygen atoms in total. The minimum Gasteiger partial charge on any atom is -0.380 e. The molecule has 0 spiro atoms. The molecule has 96 valence electrons. The second-order valence-corrected chi connectivity index (χ2v) is 6.10. The van der Waals surface area contributed by atoms with Gasteiger partial charge in [0, 0.05) is 11.2 Å². The zero-order valence-corrected chi connectivity index (χ0v) is 12.9. The van der Waals surface area contributed by atoms with Gasteiger partial charge in [0.25, 0.3) is 0 Å². The molecule has 0 saturated heterocycles. The number of pyridine rings is 1. The van der Waals surface area contributed by atoms with Gasteiger partial charge in [-0.05, 0) is 56.9 Å². The fourth-order valence-electron chi connectivity index (χ4n) is 2.02. The van der Waals surface area contributed by atoms with Crippen molar-refractivity contribution >= 4 is 43.0 Å². The van der Waals surface area contributed by atoms with Gasteiger partial charge in [-0.2, -0.15) is 0 Å². The summed E-state index contributed by atoms with van der Waals surface area (Å²) in [4.78, 5) is 4.30. The summed E-state index contributed by atoms with van der Waals surface area (Å²) in [6, 6.07) is 10.6. The van der Waals surface area contributed by atoms with Crippen LogP contribution in [0, 0.1) is 6.92 Å². The zero-order valence-electron chi connectivity index (χ0n) is 10.5. The van der Waals surface area contributed by atoms with Crippen LogP contribution in [-0.2, 0) is 6.54 Å². The Kier molecular flexibility index (Phi) is 3.53. The summed E-state index contributed by atoms with van der Waals surface area (Å²) in [5.74, 6) is 0. The third-order valence-electron chi connectivity index (χ3n) is 3.06. The van der Waals surface area contributed by atoms with Gasteiger partial charge in [0.1, 0.15) is 4.60 Å². The molecular weight excluding hydrogens is 320 g/mol. The third kappa shape index (κ3) is 2.65. The third-order valence-corrected chi connectivity index (χ3v) is 4.90. The van der Waals surface area contributed by atoms with E-state index in [-0.39, 0.29) is 0 Å². The van der Waals surface area contributed by atoms with Crippen molar-refractivity contribution < 1.29 is 0 Å². The van der Waals surface area contributed by atoms with Crippen LogP contribution < -0.4 is 5.32 Å². The Morgan fingerprint density at radius 1 is 1.32 bits per heavy atom. The van der Waals surface area contributed by atoms with Crippen molar-refractivity contribution in [3.05, 3.63) is 57.6 Å². The molecule has 0 aliphatic heterocycles. The first-order valence-electron chi connectivity index (χ1n) is 6.05. The lowest BCUT2D eigenvalue weighted by atomic mass is 10.2. The highest BCUT2D eigenvalue weighted by atomic mass is 79.9. The number of rotatable bonds is 3. The lowest BCUT2D eigenvalue weighted by molar-refractivity contribution is 1.14.